The van der Waals surface area contributed by atoms with E-state index < -0.39 is 6.10 Å². The van der Waals surface area contributed by atoms with Gasteiger partial charge in [0, 0.05) is 55.1 Å². The summed E-state index contributed by atoms with van der Waals surface area (Å²) in [5, 5.41) is 20.3. The average molecular weight is 651 g/mol. The van der Waals surface area contributed by atoms with E-state index in [1.165, 1.54) is 0 Å². The van der Waals surface area contributed by atoms with Crippen LogP contribution in [0, 0.1) is 11.3 Å². The Morgan fingerprint density at radius 1 is 1.11 bits per heavy atom. The van der Waals surface area contributed by atoms with E-state index in [1.54, 1.807) is 19.5 Å². The van der Waals surface area contributed by atoms with Crippen molar-refractivity contribution in [3.8, 4) is 29.0 Å². The van der Waals surface area contributed by atoms with Crippen LogP contribution in [0.2, 0.25) is 10.0 Å². The number of anilines is 1. The van der Waals surface area contributed by atoms with E-state index in [1.807, 2.05) is 35.9 Å². The normalized spacial score (nSPS) is 18.5. The molecule has 1 unspecified atom stereocenters. The highest BCUT2D eigenvalue weighted by Gasteiger charge is 2.40. The molecule has 2 aliphatic rings. The van der Waals surface area contributed by atoms with Gasteiger partial charge in [0.15, 0.2) is 17.7 Å². The summed E-state index contributed by atoms with van der Waals surface area (Å²) in [6.45, 7) is 10.5. The van der Waals surface area contributed by atoms with Crippen molar-refractivity contribution in [2.75, 3.05) is 31.7 Å². The second kappa shape index (κ2) is 12.6. The van der Waals surface area contributed by atoms with Crippen LogP contribution in [0.3, 0.4) is 0 Å². The molecule has 1 aromatic carbocycles. The summed E-state index contributed by atoms with van der Waals surface area (Å²) in [7, 11) is 1.60. The maximum absolute atomic E-state index is 9.96. The third-order valence-corrected chi connectivity index (χ3v) is 8.88. The summed E-state index contributed by atoms with van der Waals surface area (Å²) in [5.74, 6) is 1.68. The molecule has 2 fully saturated rings. The van der Waals surface area contributed by atoms with E-state index in [0.717, 1.165) is 43.3 Å². The molecule has 45 heavy (non-hydrogen) atoms. The zero-order valence-corrected chi connectivity index (χ0v) is 27.6. The van der Waals surface area contributed by atoms with Gasteiger partial charge in [0.2, 0.25) is 0 Å². The molecule has 0 amide bonds. The number of benzene rings is 1. The van der Waals surface area contributed by atoms with Crippen molar-refractivity contribution >= 4 is 39.9 Å². The van der Waals surface area contributed by atoms with Crippen molar-refractivity contribution in [1.82, 2.24) is 25.1 Å². The van der Waals surface area contributed by atoms with Crippen LogP contribution in [-0.2, 0) is 4.74 Å². The van der Waals surface area contributed by atoms with Gasteiger partial charge in [-0.3, -0.25) is 4.98 Å². The predicted molar refractivity (Wildman–Crippen MR) is 175 cm³/mol. The molecule has 10 nitrogen and oxygen atoms in total. The summed E-state index contributed by atoms with van der Waals surface area (Å²) in [4.78, 5) is 11.2. The molecule has 0 radical (unpaired) electrons. The topological polar surface area (TPSA) is 110 Å². The second-order valence-electron chi connectivity index (χ2n) is 12.3. The fraction of sp³-hybridized carbons (Fsp3) is 0.455. The number of nitrogens with zero attached hydrogens (tertiary/aromatic N) is 6. The number of aromatic nitrogens is 4. The SMILES string of the molecule is COc1cc2c(cc1O[C@H](C)c1c(Cl)cncc1Cl)c(-c1ccc(C#N)c(N3CC(C)(NC(C)C)C3)n1)nn2C1CCCCO1. The Labute approximate surface area is 273 Å². The minimum Gasteiger partial charge on any atom is -0.493 e. The van der Waals surface area contributed by atoms with Crippen LogP contribution in [0.25, 0.3) is 22.3 Å². The molecule has 5 heterocycles. The second-order valence-corrected chi connectivity index (χ2v) is 13.1. The Balaban J connectivity index is 1.45. The van der Waals surface area contributed by atoms with Gasteiger partial charge in [-0.1, -0.05) is 37.0 Å². The molecule has 12 heteroatoms. The molecule has 0 saturated carbocycles. The van der Waals surface area contributed by atoms with Crippen LogP contribution in [0.15, 0.2) is 36.7 Å². The van der Waals surface area contributed by atoms with Crippen molar-refractivity contribution in [1.29, 1.82) is 5.26 Å². The first kappa shape index (κ1) is 31.4. The highest BCUT2D eigenvalue weighted by Crippen LogP contribution is 2.42. The third-order valence-electron chi connectivity index (χ3n) is 8.28. The van der Waals surface area contributed by atoms with E-state index in [0.29, 0.717) is 62.5 Å². The molecular formula is C33H37Cl2N7O3. The number of nitrogens with one attached hydrogen (secondary N) is 1. The van der Waals surface area contributed by atoms with Gasteiger partial charge in [0.25, 0.3) is 0 Å². The quantitative estimate of drug-likeness (QED) is 0.203. The minimum atomic E-state index is -0.501. The van der Waals surface area contributed by atoms with Crippen LogP contribution >= 0.6 is 23.2 Å². The van der Waals surface area contributed by atoms with Crippen molar-refractivity contribution in [3.63, 3.8) is 0 Å². The summed E-state index contributed by atoms with van der Waals surface area (Å²) < 4.78 is 20.3. The monoisotopic (exact) mass is 649 g/mol. The lowest BCUT2D eigenvalue weighted by molar-refractivity contribution is -0.0365. The average Bonchev–Trinajstić information content (AvgIpc) is 3.37. The van der Waals surface area contributed by atoms with Gasteiger partial charge in [-0.25, -0.2) is 9.67 Å². The Hall–Kier alpha value is -3.62. The van der Waals surface area contributed by atoms with Gasteiger partial charge in [0.05, 0.1) is 39.5 Å². The number of nitriles is 1. The van der Waals surface area contributed by atoms with Crippen LogP contribution in [0.1, 0.15) is 70.4 Å². The van der Waals surface area contributed by atoms with Crippen molar-refractivity contribution in [2.24, 2.45) is 0 Å². The van der Waals surface area contributed by atoms with Crippen LogP contribution < -0.4 is 19.7 Å². The first-order valence-corrected chi connectivity index (χ1v) is 16.0. The number of hydrogen-bond acceptors (Lipinski definition) is 9. The predicted octanol–water partition coefficient (Wildman–Crippen LogP) is 7.10. The van der Waals surface area contributed by atoms with Crippen LogP contribution in [0.4, 0.5) is 5.82 Å². The van der Waals surface area contributed by atoms with Crippen molar-refractivity contribution in [2.45, 2.75) is 70.9 Å². The fourth-order valence-electron chi connectivity index (χ4n) is 6.42. The molecule has 236 valence electrons. The van der Waals surface area contributed by atoms with Crippen molar-refractivity contribution < 1.29 is 14.2 Å². The first-order chi connectivity index (χ1) is 21.6. The number of fused-ring (bicyclic) bond motifs is 1. The zero-order valence-electron chi connectivity index (χ0n) is 26.1. The maximum Gasteiger partial charge on any atom is 0.162 e. The molecule has 2 saturated heterocycles. The number of ether oxygens (including phenoxy) is 3. The number of hydrogen-bond donors (Lipinski definition) is 1. The molecule has 3 aromatic heterocycles. The molecular weight excluding hydrogens is 613 g/mol. The van der Waals surface area contributed by atoms with E-state index in [-0.39, 0.29) is 11.8 Å². The first-order valence-electron chi connectivity index (χ1n) is 15.2. The number of pyridine rings is 2. The van der Waals surface area contributed by atoms with Gasteiger partial charge < -0.3 is 24.4 Å². The van der Waals surface area contributed by atoms with Crippen LogP contribution in [0.5, 0.6) is 11.5 Å². The summed E-state index contributed by atoms with van der Waals surface area (Å²) in [6.07, 6.45) is 5.26. The lowest BCUT2D eigenvalue weighted by Gasteiger charge is -2.50. The smallest absolute Gasteiger partial charge is 0.162 e. The maximum atomic E-state index is 9.96. The highest BCUT2D eigenvalue weighted by atomic mass is 35.5. The fourth-order valence-corrected chi connectivity index (χ4v) is 7.09. The largest absolute Gasteiger partial charge is 0.493 e. The van der Waals surface area contributed by atoms with E-state index in [4.69, 9.17) is 47.5 Å². The highest BCUT2D eigenvalue weighted by molar-refractivity contribution is 6.35. The third kappa shape index (κ3) is 6.15. The standard InChI is InChI=1S/C33H37Cl2N7O3/c1-19(2)39-33(4)17-41(18-33)32-21(14-36)9-10-25(38-32)31-22-12-28(45-20(3)30-23(34)15-37-16-24(30)35)27(43-5)13-26(22)42(40-31)29-8-6-7-11-44-29/h9-10,12-13,15-16,19-20,29,39H,6-8,11,17-18H2,1-5H3/t20-,29?/m1/s1. The van der Waals surface area contributed by atoms with Gasteiger partial charge in [-0.05, 0) is 51.3 Å². The molecule has 2 atom stereocenters. The Kier molecular flexibility index (Phi) is 8.81. The van der Waals surface area contributed by atoms with E-state index >= 15 is 0 Å². The molecule has 0 spiro atoms. The molecule has 2 aliphatic heterocycles. The Morgan fingerprint density at radius 2 is 1.87 bits per heavy atom. The van der Waals surface area contributed by atoms with Gasteiger partial charge >= 0.3 is 0 Å². The Bertz CT molecular complexity index is 1740. The van der Waals surface area contributed by atoms with Crippen LogP contribution in [-0.4, -0.2) is 58.1 Å². The lowest BCUT2D eigenvalue weighted by Crippen LogP contribution is -2.69. The molecule has 0 aliphatic carbocycles. The molecule has 1 N–H and O–H groups in total. The molecule has 6 rings (SSSR count). The summed E-state index contributed by atoms with van der Waals surface area (Å²) in [6, 6.07) is 10.2. The number of rotatable bonds is 9. The lowest BCUT2D eigenvalue weighted by atomic mass is 9.91. The zero-order chi connectivity index (χ0) is 31.9. The Morgan fingerprint density at radius 3 is 2.51 bits per heavy atom. The van der Waals surface area contributed by atoms with Crippen molar-refractivity contribution in [3.05, 3.63) is 57.8 Å². The minimum absolute atomic E-state index is 0.0503. The summed E-state index contributed by atoms with van der Waals surface area (Å²) in [5.41, 5.74) is 3.25. The summed E-state index contributed by atoms with van der Waals surface area (Å²) >= 11 is 12.9. The van der Waals surface area contributed by atoms with Gasteiger partial charge in [-0.2, -0.15) is 10.4 Å². The molecule has 4 aromatic rings. The molecule has 0 bridgehead atoms. The van der Waals surface area contributed by atoms with E-state index in [2.05, 4.69) is 42.0 Å². The number of methoxy groups -OCH3 is 1. The van der Waals surface area contributed by atoms with Gasteiger partial charge in [0.1, 0.15) is 23.7 Å². The van der Waals surface area contributed by atoms with Gasteiger partial charge in [-0.15, -0.1) is 0 Å². The number of halogens is 2. The van der Waals surface area contributed by atoms with E-state index in [9.17, 15) is 5.26 Å².